The first kappa shape index (κ1) is 18.0. The van der Waals surface area contributed by atoms with Crippen molar-refractivity contribution in [3.05, 3.63) is 0 Å². The van der Waals surface area contributed by atoms with E-state index in [0.717, 1.165) is 17.9 Å². The molecule has 1 N–H and O–H groups in total. The first-order valence-electron chi connectivity index (χ1n) is 9.09. The second kappa shape index (κ2) is 9.78. The lowest BCUT2D eigenvalue weighted by molar-refractivity contribution is 0.154. The van der Waals surface area contributed by atoms with Gasteiger partial charge < -0.3 is 5.32 Å². The first-order chi connectivity index (χ1) is 9.62. The van der Waals surface area contributed by atoms with Crippen LogP contribution in [0.4, 0.5) is 0 Å². The van der Waals surface area contributed by atoms with Crippen LogP contribution >= 0.6 is 0 Å². The predicted molar refractivity (Wildman–Crippen MR) is 90.2 cm³/mol. The molecular weight excluding hydrogens is 244 g/mol. The van der Waals surface area contributed by atoms with E-state index >= 15 is 0 Å². The van der Waals surface area contributed by atoms with E-state index in [2.05, 4.69) is 44.8 Å². The fraction of sp³-hybridized carbons (Fsp3) is 1.00. The van der Waals surface area contributed by atoms with Gasteiger partial charge in [-0.05, 0) is 38.1 Å². The van der Waals surface area contributed by atoms with Crippen LogP contribution in [0, 0.1) is 11.8 Å². The highest BCUT2D eigenvalue weighted by Crippen LogP contribution is 2.20. The summed E-state index contributed by atoms with van der Waals surface area (Å²) < 4.78 is 0. The molecule has 20 heavy (non-hydrogen) atoms. The summed E-state index contributed by atoms with van der Waals surface area (Å²) in [5.41, 5.74) is 0. The van der Waals surface area contributed by atoms with Gasteiger partial charge in [-0.25, -0.2) is 0 Å². The summed E-state index contributed by atoms with van der Waals surface area (Å²) in [5.74, 6) is 1.69. The minimum absolute atomic E-state index is 0.689. The highest BCUT2D eigenvalue weighted by molar-refractivity contribution is 4.84. The summed E-state index contributed by atoms with van der Waals surface area (Å²) in [7, 11) is 0. The lowest BCUT2D eigenvalue weighted by Gasteiger charge is -2.34. The number of rotatable bonds is 8. The van der Waals surface area contributed by atoms with Crippen molar-refractivity contribution in [2.24, 2.45) is 11.8 Å². The summed E-state index contributed by atoms with van der Waals surface area (Å²) in [6, 6.07) is 1.43. The van der Waals surface area contributed by atoms with E-state index in [4.69, 9.17) is 0 Å². The van der Waals surface area contributed by atoms with Crippen molar-refractivity contribution < 1.29 is 0 Å². The molecule has 1 aliphatic heterocycles. The third-order valence-electron chi connectivity index (χ3n) is 5.39. The predicted octanol–water partition coefficient (Wildman–Crippen LogP) is 4.30. The minimum Gasteiger partial charge on any atom is -0.312 e. The first-order valence-corrected chi connectivity index (χ1v) is 9.09. The maximum absolute atomic E-state index is 3.79. The van der Waals surface area contributed by atoms with Crippen LogP contribution in [0.2, 0.25) is 0 Å². The molecule has 1 heterocycles. The Hall–Kier alpha value is -0.0800. The van der Waals surface area contributed by atoms with Gasteiger partial charge in [0.25, 0.3) is 0 Å². The van der Waals surface area contributed by atoms with Crippen LogP contribution in [-0.4, -0.2) is 36.6 Å². The van der Waals surface area contributed by atoms with E-state index in [1.807, 2.05) is 0 Å². The van der Waals surface area contributed by atoms with E-state index in [0.29, 0.717) is 6.04 Å². The number of hydrogen-bond donors (Lipinski definition) is 1. The van der Waals surface area contributed by atoms with Crippen molar-refractivity contribution >= 4 is 0 Å². The van der Waals surface area contributed by atoms with Gasteiger partial charge in [0.2, 0.25) is 0 Å². The third-order valence-corrected chi connectivity index (χ3v) is 5.39. The lowest BCUT2D eigenvalue weighted by atomic mass is 9.96. The highest BCUT2D eigenvalue weighted by Gasteiger charge is 2.26. The zero-order chi connectivity index (χ0) is 15.0. The molecule has 4 unspecified atom stereocenters. The Morgan fingerprint density at radius 2 is 1.95 bits per heavy atom. The van der Waals surface area contributed by atoms with Crippen LogP contribution in [0.1, 0.15) is 73.1 Å². The van der Waals surface area contributed by atoms with Gasteiger partial charge >= 0.3 is 0 Å². The monoisotopic (exact) mass is 282 g/mol. The van der Waals surface area contributed by atoms with Gasteiger partial charge in [-0.15, -0.1) is 0 Å². The SMILES string of the molecule is CCCCC(CC)CN1CC(C(C)CC)NCCC1C. The van der Waals surface area contributed by atoms with Crippen molar-refractivity contribution in [3.8, 4) is 0 Å². The van der Waals surface area contributed by atoms with Crippen molar-refractivity contribution in [1.29, 1.82) is 0 Å². The fourth-order valence-corrected chi connectivity index (χ4v) is 3.33. The summed E-state index contributed by atoms with van der Waals surface area (Å²) in [4.78, 5) is 2.78. The molecule has 1 saturated heterocycles. The Morgan fingerprint density at radius 1 is 1.20 bits per heavy atom. The molecule has 1 aliphatic rings. The highest BCUT2D eigenvalue weighted by atomic mass is 15.2. The van der Waals surface area contributed by atoms with Crippen LogP contribution in [-0.2, 0) is 0 Å². The molecule has 0 bridgehead atoms. The number of unbranched alkanes of at least 4 members (excludes halogenated alkanes) is 1. The number of hydrogen-bond acceptors (Lipinski definition) is 2. The summed E-state index contributed by atoms with van der Waals surface area (Å²) in [6.07, 6.45) is 8.07. The second-order valence-corrected chi connectivity index (χ2v) is 6.95. The quantitative estimate of drug-likeness (QED) is 0.714. The van der Waals surface area contributed by atoms with Gasteiger partial charge in [-0.3, -0.25) is 4.90 Å². The van der Waals surface area contributed by atoms with Gasteiger partial charge in [0.15, 0.2) is 0 Å². The summed E-state index contributed by atoms with van der Waals surface area (Å²) in [6.45, 7) is 15.6. The molecule has 1 rings (SSSR count). The average Bonchev–Trinajstić information content (AvgIpc) is 2.64. The lowest BCUT2D eigenvalue weighted by Crippen LogP contribution is -2.45. The molecular formula is C18H38N2. The third kappa shape index (κ3) is 5.73. The fourth-order valence-electron chi connectivity index (χ4n) is 3.33. The molecule has 2 heteroatoms. The molecule has 0 aromatic heterocycles. The van der Waals surface area contributed by atoms with Crippen molar-refractivity contribution in [3.63, 3.8) is 0 Å². The van der Waals surface area contributed by atoms with Crippen LogP contribution in [0.25, 0.3) is 0 Å². The van der Waals surface area contributed by atoms with Crippen molar-refractivity contribution in [2.75, 3.05) is 19.6 Å². The molecule has 0 saturated carbocycles. The van der Waals surface area contributed by atoms with Crippen molar-refractivity contribution in [2.45, 2.75) is 85.2 Å². The largest absolute Gasteiger partial charge is 0.312 e. The molecule has 0 aromatic carbocycles. The van der Waals surface area contributed by atoms with E-state index in [1.54, 1.807) is 0 Å². The zero-order valence-electron chi connectivity index (χ0n) is 14.6. The van der Waals surface area contributed by atoms with Crippen LogP contribution in [0.3, 0.4) is 0 Å². The number of nitrogens with zero attached hydrogens (tertiary/aromatic N) is 1. The van der Waals surface area contributed by atoms with Crippen molar-refractivity contribution in [1.82, 2.24) is 10.2 Å². The van der Waals surface area contributed by atoms with Crippen LogP contribution in [0.15, 0.2) is 0 Å². The van der Waals surface area contributed by atoms with E-state index in [-0.39, 0.29) is 0 Å². The van der Waals surface area contributed by atoms with Gasteiger partial charge in [0, 0.05) is 25.2 Å². The summed E-state index contributed by atoms with van der Waals surface area (Å²) in [5, 5.41) is 3.79. The molecule has 0 aliphatic carbocycles. The molecule has 0 aromatic rings. The zero-order valence-corrected chi connectivity index (χ0v) is 14.6. The van der Waals surface area contributed by atoms with Gasteiger partial charge in [-0.1, -0.05) is 53.4 Å². The molecule has 0 spiro atoms. The Bertz CT molecular complexity index is 242. The normalized spacial score (nSPS) is 28.1. The molecule has 2 nitrogen and oxygen atoms in total. The Labute approximate surface area is 127 Å². The topological polar surface area (TPSA) is 15.3 Å². The van der Waals surface area contributed by atoms with E-state index < -0.39 is 0 Å². The Balaban J connectivity index is 2.58. The summed E-state index contributed by atoms with van der Waals surface area (Å²) >= 11 is 0. The number of nitrogens with one attached hydrogen (secondary N) is 1. The van der Waals surface area contributed by atoms with E-state index in [9.17, 15) is 0 Å². The molecule has 0 amide bonds. The van der Waals surface area contributed by atoms with Crippen LogP contribution < -0.4 is 5.32 Å². The van der Waals surface area contributed by atoms with Gasteiger partial charge in [-0.2, -0.15) is 0 Å². The molecule has 1 fully saturated rings. The van der Waals surface area contributed by atoms with Crippen LogP contribution in [0.5, 0.6) is 0 Å². The average molecular weight is 283 g/mol. The maximum Gasteiger partial charge on any atom is 0.0220 e. The maximum atomic E-state index is 3.79. The molecule has 0 radical (unpaired) electrons. The Morgan fingerprint density at radius 3 is 2.55 bits per heavy atom. The molecule has 120 valence electrons. The second-order valence-electron chi connectivity index (χ2n) is 6.95. The smallest absolute Gasteiger partial charge is 0.0220 e. The van der Waals surface area contributed by atoms with Gasteiger partial charge in [0.05, 0.1) is 0 Å². The van der Waals surface area contributed by atoms with Gasteiger partial charge in [0.1, 0.15) is 0 Å². The standard InChI is InChI=1S/C18H38N2/c1-6-9-10-17(8-3)13-20-14-18(15(4)7-2)19-12-11-16(20)5/h15-19H,6-14H2,1-5H3. The minimum atomic E-state index is 0.689. The molecule has 4 atom stereocenters. The van der Waals surface area contributed by atoms with E-state index in [1.165, 1.54) is 58.2 Å². The Kier molecular flexibility index (Phi) is 8.79.